The van der Waals surface area contributed by atoms with Crippen LogP contribution in [0.1, 0.15) is 29.3 Å². The highest BCUT2D eigenvalue weighted by Crippen LogP contribution is 2.59. The molecule has 2 aliphatic heterocycles. The van der Waals surface area contributed by atoms with E-state index in [1.807, 2.05) is 42.5 Å². The molecule has 0 radical (unpaired) electrons. The molecule has 2 amide bonds. The minimum Gasteiger partial charge on any atom is -0.504 e. The maximum absolute atomic E-state index is 15.4. The molecule has 62 heavy (non-hydrogen) atoms. The molecule has 4 aromatic carbocycles. The third-order valence-electron chi connectivity index (χ3n) is 12.5. The summed E-state index contributed by atoms with van der Waals surface area (Å²) in [5, 5.41) is 10.7. The lowest BCUT2D eigenvalue weighted by molar-refractivity contribution is -0.124. The van der Waals surface area contributed by atoms with Crippen LogP contribution in [0.2, 0.25) is 5.02 Å². The predicted octanol–water partition coefficient (Wildman–Crippen LogP) is 5.03. The van der Waals surface area contributed by atoms with E-state index in [9.17, 15) is 24.3 Å². The number of phenolic OH excluding ortho intramolecular Hbond substituents is 1. The van der Waals surface area contributed by atoms with Crippen LogP contribution in [0.4, 0.5) is 5.69 Å². The Bertz CT molecular complexity index is 3070. The number of methoxy groups -OCH3 is 3. The minimum atomic E-state index is -1.48. The number of aromatic hydroxyl groups is 1. The summed E-state index contributed by atoms with van der Waals surface area (Å²) in [6, 6.07) is 23.1. The van der Waals surface area contributed by atoms with Crippen molar-refractivity contribution in [2.24, 2.45) is 18.9 Å². The van der Waals surface area contributed by atoms with Crippen LogP contribution in [0.5, 0.6) is 23.0 Å². The van der Waals surface area contributed by atoms with E-state index in [-0.39, 0.29) is 43.1 Å². The standard InChI is InChI=1S/C46H41ClN6O9/c1-49-36-25-40(62-4)39(61-3)24-34(36)48-33(42(49)56)18-19-50-44(58)51-20-17-30-31(15-13-26-14-16-37(54)38(21-26)60-2)46(27-9-6-5-7-10-27)32(23-35(30)53(51)45(50)59)41(55)52(43(46)57)29-12-8-11-28(47)22-29/h5-17,21-22,24-25,31-32,35,54H,18-20,23H2,1-4H3. The van der Waals surface area contributed by atoms with Crippen molar-refractivity contribution < 1.29 is 28.9 Å². The summed E-state index contributed by atoms with van der Waals surface area (Å²) < 4.78 is 21.5. The van der Waals surface area contributed by atoms with Gasteiger partial charge in [0.1, 0.15) is 5.69 Å². The Hall–Kier alpha value is -7.13. The molecular formula is C46H41ClN6O9. The molecule has 4 atom stereocenters. The van der Waals surface area contributed by atoms with Crippen LogP contribution in [-0.4, -0.2) is 61.7 Å². The zero-order valence-electron chi connectivity index (χ0n) is 34.1. The number of aryl methyl sites for hydroxylation is 2. The highest BCUT2D eigenvalue weighted by atomic mass is 35.5. The molecule has 16 heteroatoms. The second-order valence-corrected chi connectivity index (χ2v) is 15.9. The fourth-order valence-electron chi connectivity index (χ4n) is 9.58. The molecule has 9 rings (SSSR count). The Morgan fingerprint density at radius 2 is 1.61 bits per heavy atom. The summed E-state index contributed by atoms with van der Waals surface area (Å²) in [5.41, 5.74) is 0.261. The number of hydrogen-bond acceptors (Lipinski definition) is 10. The molecule has 4 heterocycles. The molecule has 1 aliphatic carbocycles. The Morgan fingerprint density at radius 1 is 0.871 bits per heavy atom. The van der Waals surface area contributed by atoms with Gasteiger partial charge in [-0.2, -0.15) is 0 Å². The zero-order chi connectivity index (χ0) is 43.6. The van der Waals surface area contributed by atoms with Gasteiger partial charge in [0, 0.05) is 43.1 Å². The van der Waals surface area contributed by atoms with E-state index in [1.54, 1.807) is 61.7 Å². The number of halogens is 1. The van der Waals surface area contributed by atoms with E-state index in [0.29, 0.717) is 49.9 Å². The molecule has 3 aliphatic rings. The third kappa shape index (κ3) is 6.09. The summed E-state index contributed by atoms with van der Waals surface area (Å²) in [4.78, 5) is 78.6. The van der Waals surface area contributed by atoms with Crippen molar-refractivity contribution in [3.63, 3.8) is 0 Å². The normalized spacial score (nSPS) is 20.6. The number of benzene rings is 4. The first-order valence-electron chi connectivity index (χ1n) is 19.9. The van der Waals surface area contributed by atoms with Gasteiger partial charge in [-0.1, -0.05) is 72.3 Å². The minimum absolute atomic E-state index is 0.00240. The molecule has 0 bridgehead atoms. The summed E-state index contributed by atoms with van der Waals surface area (Å²) >= 11 is 6.42. The van der Waals surface area contributed by atoms with Crippen LogP contribution in [0.15, 0.2) is 117 Å². The summed E-state index contributed by atoms with van der Waals surface area (Å²) in [7, 11) is 6.05. The number of carbonyl (C=O) groups excluding carboxylic acids is 2. The van der Waals surface area contributed by atoms with Crippen molar-refractivity contribution >= 4 is 46.2 Å². The number of carbonyl (C=O) groups is 2. The summed E-state index contributed by atoms with van der Waals surface area (Å²) in [5.74, 6) is -1.68. The predicted molar refractivity (Wildman–Crippen MR) is 231 cm³/mol. The van der Waals surface area contributed by atoms with E-state index in [0.717, 1.165) is 4.57 Å². The van der Waals surface area contributed by atoms with Gasteiger partial charge in [0.25, 0.3) is 5.56 Å². The fourth-order valence-corrected chi connectivity index (χ4v) is 9.77. The van der Waals surface area contributed by atoms with E-state index in [1.165, 1.54) is 46.2 Å². The van der Waals surface area contributed by atoms with Crippen molar-refractivity contribution in [2.75, 3.05) is 26.2 Å². The molecule has 2 aromatic heterocycles. The highest BCUT2D eigenvalue weighted by Gasteiger charge is 2.67. The van der Waals surface area contributed by atoms with Crippen LogP contribution in [0.25, 0.3) is 17.1 Å². The zero-order valence-corrected chi connectivity index (χ0v) is 34.9. The molecular weight excluding hydrogens is 816 g/mol. The number of ether oxygens (including phenoxy) is 3. The molecule has 1 N–H and O–H groups in total. The number of phenols is 1. The average molecular weight is 857 g/mol. The SMILES string of the molecule is COc1cc(C=CC2C3=CCn4c(=O)n(CCc5nc6cc(OC)c(OC)cc6n(C)c5=O)c(=O)n4C3CC3C(=O)N(c4cccc(Cl)c4)C(=O)C23c2ccccc2)ccc1O. The Kier molecular flexibility index (Phi) is 10.0. The van der Waals surface area contributed by atoms with Crippen LogP contribution >= 0.6 is 11.6 Å². The van der Waals surface area contributed by atoms with Crippen molar-refractivity contribution in [1.29, 1.82) is 0 Å². The quantitative estimate of drug-likeness (QED) is 0.146. The number of allylic oxidation sites excluding steroid dienone is 3. The van der Waals surface area contributed by atoms with Gasteiger partial charge < -0.3 is 23.9 Å². The monoisotopic (exact) mass is 856 g/mol. The highest BCUT2D eigenvalue weighted by molar-refractivity contribution is 6.32. The van der Waals surface area contributed by atoms with E-state index in [4.69, 9.17) is 25.8 Å². The largest absolute Gasteiger partial charge is 0.504 e. The van der Waals surface area contributed by atoms with E-state index < -0.39 is 52.0 Å². The molecule has 0 spiro atoms. The number of amides is 2. The van der Waals surface area contributed by atoms with Gasteiger partial charge in [0.15, 0.2) is 23.0 Å². The maximum atomic E-state index is 15.4. The van der Waals surface area contributed by atoms with Gasteiger partial charge >= 0.3 is 11.4 Å². The Morgan fingerprint density at radius 3 is 2.34 bits per heavy atom. The fraction of sp³-hybridized carbons (Fsp3) is 0.261. The first-order valence-corrected chi connectivity index (χ1v) is 20.3. The first kappa shape index (κ1) is 40.3. The van der Waals surface area contributed by atoms with Crippen molar-refractivity contribution in [1.82, 2.24) is 23.5 Å². The number of anilines is 1. The van der Waals surface area contributed by atoms with Crippen molar-refractivity contribution in [2.45, 2.75) is 37.4 Å². The van der Waals surface area contributed by atoms with Crippen molar-refractivity contribution in [3.8, 4) is 23.0 Å². The number of fused-ring (bicyclic) bond motifs is 5. The number of nitrogens with zero attached hydrogens (tertiary/aromatic N) is 6. The Balaban J connectivity index is 1.17. The lowest BCUT2D eigenvalue weighted by Gasteiger charge is -2.48. The smallest absolute Gasteiger partial charge is 0.347 e. The molecule has 316 valence electrons. The average Bonchev–Trinajstić information content (AvgIpc) is 3.67. The van der Waals surface area contributed by atoms with E-state index >= 15 is 4.79 Å². The summed E-state index contributed by atoms with van der Waals surface area (Å²) in [6.07, 6.45) is 5.50. The van der Waals surface area contributed by atoms with Crippen LogP contribution in [0, 0.1) is 11.8 Å². The molecule has 1 saturated carbocycles. The number of aromatic nitrogens is 5. The first-order chi connectivity index (χ1) is 29.9. The van der Waals surface area contributed by atoms with Gasteiger partial charge in [-0.15, -0.1) is 0 Å². The maximum Gasteiger partial charge on any atom is 0.347 e. The van der Waals surface area contributed by atoms with Gasteiger partial charge in [0.2, 0.25) is 11.8 Å². The van der Waals surface area contributed by atoms with E-state index in [2.05, 4.69) is 4.98 Å². The molecule has 2 fully saturated rings. The lowest BCUT2D eigenvalue weighted by Crippen LogP contribution is -2.54. The van der Waals surface area contributed by atoms with Crippen molar-refractivity contribution in [3.05, 3.63) is 156 Å². The summed E-state index contributed by atoms with van der Waals surface area (Å²) in [6.45, 7) is -0.158. The Labute approximate surface area is 358 Å². The van der Waals surface area contributed by atoms with Crippen LogP contribution in [0.3, 0.4) is 0 Å². The second-order valence-electron chi connectivity index (χ2n) is 15.5. The number of rotatable bonds is 10. The lowest BCUT2D eigenvalue weighted by atomic mass is 9.54. The van der Waals surface area contributed by atoms with Gasteiger partial charge in [-0.05, 0) is 53.5 Å². The second kappa shape index (κ2) is 15.4. The van der Waals surface area contributed by atoms with Gasteiger partial charge in [0.05, 0.1) is 62.0 Å². The molecule has 6 aromatic rings. The molecule has 15 nitrogen and oxygen atoms in total. The molecule has 4 unspecified atom stereocenters. The van der Waals surface area contributed by atoms with Crippen LogP contribution < -0.4 is 36.0 Å². The number of imide groups is 1. The van der Waals surface area contributed by atoms with Gasteiger partial charge in [-0.25, -0.2) is 33.4 Å². The topological polar surface area (TPSA) is 169 Å². The van der Waals surface area contributed by atoms with Gasteiger partial charge in [-0.3, -0.25) is 14.4 Å². The van der Waals surface area contributed by atoms with Crippen LogP contribution in [-0.2, 0) is 41.6 Å². The molecule has 1 saturated heterocycles. The third-order valence-corrected chi connectivity index (χ3v) is 12.7. The number of hydrogen-bond donors (Lipinski definition) is 1.